The summed E-state index contributed by atoms with van der Waals surface area (Å²) in [6.07, 6.45) is 0. The van der Waals surface area contributed by atoms with Crippen LogP contribution < -0.4 is 11.1 Å². The lowest BCUT2D eigenvalue weighted by molar-refractivity contribution is -0.117. The van der Waals surface area contributed by atoms with Crippen molar-refractivity contribution < 1.29 is 9.18 Å². The Labute approximate surface area is 82.1 Å². The molecule has 0 aliphatic rings. The van der Waals surface area contributed by atoms with Gasteiger partial charge in [0.05, 0.1) is 6.54 Å². The van der Waals surface area contributed by atoms with Gasteiger partial charge in [-0.3, -0.25) is 4.79 Å². The van der Waals surface area contributed by atoms with Crippen LogP contribution in [-0.2, 0) is 11.3 Å². The Balaban J connectivity index is 2.51. The van der Waals surface area contributed by atoms with E-state index in [1.54, 1.807) is 19.1 Å². The molecule has 0 unspecified atom stereocenters. The van der Waals surface area contributed by atoms with Crippen LogP contribution in [0.15, 0.2) is 18.2 Å². The van der Waals surface area contributed by atoms with Crippen LogP contribution in [0.1, 0.15) is 11.1 Å². The molecule has 4 heteroatoms. The maximum Gasteiger partial charge on any atom is 0.231 e. The van der Waals surface area contributed by atoms with Crippen LogP contribution in [0.2, 0.25) is 0 Å². The fourth-order valence-corrected chi connectivity index (χ4v) is 1.15. The summed E-state index contributed by atoms with van der Waals surface area (Å²) in [6, 6.07) is 4.83. The van der Waals surface area contributed by atoms with Crippen LogP contribution in [0, 0.1) is 12.7 Å². The third-order valence-electron chi connectivity index (χ3n) is 1.85. The van der Waals surface area contributed by atoms with Crippen LogP contribution in [-0.4, -0.2) is 12.5 Å². The van der Waals surface area contributed by atoms with E-state index in [0.717, 1.165) is 5.56 Å². The summed E-state index contributed by atoms with van der Waals surface area (Å²) in [4.78, 5) is 10.4. The van der Waals surface area contributed by atoms with Crippen LogP contribution in [0.5, 0.6) is 0 Å². The molecule has 0 saturated heterocycles. The summed E-state index contributed by atoms with van der Waals surface area (Å²) in [5, 5.41) is 2.85. The lowest BCUT2D eigenvalue weighted by Gasteiger charge is -2.04. The molecule has 1 aromatic rings. The molecule has 0 aliphatic carbocycles. The Morgan fingerprint density at radius 3 is 2.86 bits per heavy atom. The maximum atomic E-state index is 12.9. The number of aryl methyl sites for hydroxylation is 1. The number of primary amides is 1. The van der Waals surface area contributed by atoms with Crippen LogP contribution in [0.4, 0.5) is 4.39 Å². The van der Waals surface area contributed by atoms with Crippen molar-refractivity contribution in [2.24, 2.45) is 5.73 Å². The van der Waals surface area contributed by atoms with Crippen molar-refractivity contribution in [3.05, 3.63) is 35.1 Å². The monoisotopic (exact) mass is 196 g/mol. The van der Waals surface area contributed by atoms with Gasteiger partial charge in [-0.1, -0.05) is 12.1 Å². The van der Waals surface area contributed by atoms with Gasteiger partial charge in [0.15, 0.2) is 0 Å². The second kappa shape index (κ2) is 4.72. The van der Waals surface area contributed by atoms with Gasteiger partial charge in [0, 0.05) is 6.54 Å². The summed E-state index contributed by atoms with van der Waals surface area (Å²) in [6.45, 7) is 2.35. The number of halogens is 1. The molecule has 0 saturated carbocycles. The van der Waals surface area contributed by atoms with E-state index in [9.17, 15) is 9.18 Å². The van der Waals surface area contributed by atoms with E-state index in [4.69, 9.17) is 5.73 Å². The normalized spacial score (nSPS) is 10.1. The predicted molar refractivity (Wildman–Crippen MR) is 52.0 cm³/mol. The summed E-state index contributed by atoms with van der Waals surface area (Å²) >= 11 is 0. The first-order valence-corrected chi connectivity index (χ1v) is 4.33. The highest BCUT2D eigenvalue weighted by atomic mass is 19.1. The molecule has 0 atom stereocenters. The van der Waals surface area contributed by atoms with Crippen LogP contribution in [0.3, 0.4) is 0 Å². The minimum Gasteiger partial charge on any atom is -0.369 e. The molecule has 0 radical (unpaired) electrons. The summed E-state index contributed by atoms with van der Waals surface area (Å²) in [7, 11) is 0. The van der Waals surface area contributed by atoms with Crippen molar-refractivity contribution in [3.8, 4) is 0 Å². The predicted octanol–water partition coefficient (Wildman–Crippen LogP) is 0.709. The summed E-state index contributed by atoms with van der Waals surface area (Å²) < 4.78 is 12.9. The molecule has 0 aliphatic heterocycles. The largest absolute Gasteiger partial charge is 0.369 e. The van der Waals surface area contributed by atoms with Gasteiger partial charge in [-0.2, -0.15) is 0 Å². The van der Waals surface area contributed by atoms with E-state index in [-0.39, 0.29) is 12.4 Å². The number of nitrogens with two attached hydrogens (primary N) is 1. The molecule has 3 nitrogen and oxygen atoms in total. The molecule has 14 heavy (non-hydrogen) atoms. The number of rotatable bonds is 4. The highest BCUT2D eigenvalue weighted by Crippen LogP contribution is 2.08. The third kappa shape index (κ3) is 3.14. The molecule has 0 heterocycles. The summed E-state index contributed by atoms with van der Waals surface area (Å²) in [5.74, 6) is -0.618. The Bertz CT molecular complexity index is 339. The Morgan fingerprint density at radius 2 is 2.29 bits per heavy atom. The zero-order valence-electron chi connectivity index (χ0n) is 8.01. The Hall–Kier alpha value is -1.42. The molecular weight excluding hydrogens is 183 g/mol. The van der Waals surface area contributed by atoms with E-state index in [1.807, 2.05) is 0 Å². The number of hydrogen-bond acceptors (Lipinski definition) is 2. The van der Waals surface area contributed by atoms with Crippen LogP contribution >= 0.6 is 0 Å². The average Bonchev–Trinajstić information content (AvgIpc) is 2.10. The van der Waals surface area contributed by atoms with Gasteiger partial charge in [-0.25, -0.2) is 4.39 Å². The van der Waals surface area contributed by atoms with Gasteiger partial charge >= 0.3 is 0 Å². The molecule has 1 rings (SSSR count). The topological polar surface area (TPSA) is 55.1 Å². The SMILES string of the molecule is Cc1cc(CNCC(N)=O)ccc1F. The molecule has 0 aromatic heterocycles. The number of carbonyl (C=O) groups is 1. The van der Waals surface area contributed by atoms with Crippen molar-refractivity contribution in [3.63, 3.8) is 0 Å². The van der Waals surface area contributed by atoms with Crippen molar-refractivity contribution >= 4 is 5.91 Å². The van der Waals surface area contributed by atoms with Crippen molar-refractivity contribution in [1.82, 2.24) is 5.32 Å². The highest BCUT2D eigenvalue weighted by molar-refractivity contribution is 5.75. The number of benzene rings is 1. The van der Waals surface area contributed by atoms with Gasteiger partial charge < -0.3 is 11.1 Å². The van der Waals surface area contributed by atoms with Crippen molar-refractivity contribution in [2.45, 2.75) is 13.5 Å². The molecule has 1 amide bonds. The first-order valence-electron chi connectivity index (χ1n) is 4.33. The van der Waals surface area contributed by atoms with Crippen molar-refractivity contribution in [1.29, 1.82) is 0 Å². The van der Waals surface area contributed by atoms with E-state index in [2.05, 4.69) is 5.32 Å². The first-order chi connectivity index (χ1) is 6.59. The molecular formula is C10H13FN2O. The van der Waals surface area contributed by atoms with E-state index < -0.39 is 5.91 Å². The molecule has 0 fully saturated rings. The number of nitrogens with one attached hydrogen (secondary N) is 1. The minimum absolute atomic E-state index is 0.135. The zero-order chi connectivity index (χ0) is 10.6. The standard InChI is InChI=1S/C10H13FN2O/c1-7-4-8(2-3-9(7)11)5-13-6-10(12)14/h2-4,13H,5-6H2,1H3,(H2,12,14). The fraction of sp³-hybridized carbons (Fsp3) is 0.300. The van der Waals surface area contributed by atoms with Crippen LogP contribution in [0.25, 0.3) is 0 Å². The minimum atomic E-state index is -0.399. The first kappa shape index (κ1) is 10.7. The number of amides is 1. The molecule has 0 spiro atoms. The Morgan fingerprint density at radius 1 is 1.57 bits per heavy atom. The van der Waals surface area contributed by atoms with Gasteiger partial charge in [-0.15, -0.1) is 0 Å². The van der Waals surface area contributed by atoms with E-state index >= 15 is 0 Å². The molecule has 3 N–H and O–H groups in total. The molecule has 0 bridgehead atoms. The fourth-order valence-electron chi connectivity index (χ4n) is 1.15. The zero-order valence-corrected chi connectivity index (χ0v) is 8.01. The van der Waals surface area contributed by atoms with Gasteiger partial charge in [0.25, 0.3) is 0 Å². The lowest BCUT2D eigenvalue weighted by atomic mass is 10.1. The lowest BCUT2D eigenvalue weighted by Crippen LogP contribution is -2.28. The number of carbonyl (C=O) groups excluding carboxylic acids is 1. The smallest absolute Gasteiger partial charge is 0.231 e. The number of hydrogen-bond donors (Lipinski definition) is 2. The summed E-state index contributed by atoms with van der Waals surface area (Å²) in [5.41, 5.74) is 6.48. The second-order valence-corrected chi connectivity index (χ2v) is 3.15. The average molecular weight is 196 g/mol. The van der Waals surface area contributed by atoms with Gasteiger partial charge in [0.1, 0.15) is 5.82 Å². The van der Waals surface area contributed by atoms with Crippen molar-refractivity contribution in [2.75, 3.05) is 6.54 Å². The van der Waals surface area contributed by atoms with E-state index in [1.165, 1.54) is 6.07 Å². The highest BCUT2D eigenvalue weighted by Gasteiger charge is 1.99. The quantitative estimate of drug-likeness (QED) is 0.745. The van der Waals surface area contributed by atoms with Gasteiger partial charge in [0.2, 0.25) is 5.91 Å². The molecule has 1 aromatic carbocycles. The second-order valence-electron chi connectivity index (χ2n) is 3.15. The van der Waals surface area contributed by atoms with Gasteiger partial charge in [-0.05, 0) is 24.1 Å². The van der Waals surface area contributed by atoms with E-state index in [0.29, 0.717) is 12.1 Å². The Kier molecular flexibility index (Phi) is 3.59. The molecule has 76 valence electrons. The maximum absolute atomic E-state index is 12.9. The third-order valence-corrected chi connectivity index (χ3v) is 1.85.